The highest BCUT2D eigenvalue weighted by molar-refractivity contribution is 5.46. The van der Waals surface area contributed by atoms with E-state index in [1.807, 2.05) is 0 Å². The third kappa shape index (κ3) is 2.99. The summed E-state index contributed by atoms with van der Waals surface area (Å²) in [5.74, 6) is 0. The van der Waals surface area contributed by atoms with E-state index in [9.17, 15) is 0 Å². The van der Waals surface area contributed by atoms with E-state index in [4.69, 9.17) is 4.74 Å². The molecule has 1 N–H and O–H groups in total. The van der Waals surface area contributed by atoms with Gasteiger partial charge in [-0.1, -0.05) is 19.1 Å². The molecule has 2 nitrogen and oxygen atoms in total. The SMILES string of the molecule is CCc1cccc(NC2CCOC(C)C2)c1. The van der Waals surface area contributed by atoms with Crippen molar-refractivity contribution in [1.82, 2.24) is 0 Å². The summed E-state index contributed by atoms with van der Waals surface area (Å²) in [5.41, 5.74) is 2.64. The van der Waals surface area contributed by atoms with Crippen molar-refractivity contribution >= 4 is 5.69 Å². The largest absolute Gasteiger partial charge is 0.382 e. The monoisotopic (exact) mass is 219 g/mol. The zero-order valence-electron chi connectivity index (χ0n) is 10.2. The van der Waals surface area contributed by atoms with Gasteiger partial charge in [-0.25, -0.2) is 0 Å². The van der Waals surface area contributed by atoms with Crippen molar-refractivity contribution in [3.05, 3.63) is 29.8 Å². The van der Waals surface area contributed by atoms with Crippen LogP contribution in [-0.4, -0.2) is 18.8 Å². The predicted molar refractivity (Wildman–Crippen MR) is 67.9 cm³/mol. The summed E-state index contributed by atoms with van der Waals surface area (Å²) in [4.78, 5) is 0. The molecule has 2 heteroatoms. The molecule has 1 fully saturated rings. The van der Waals surface area contributed by atoms with Gasteiger partial charge >= 0.3 is 0 Å². The topological polar surface area (TPSA) is 21.3 Å². The summed E-state index contributed by atoms with van der Waals surface area (Å²) < 4.78 is 5.55. The summed E-state index contributed by atoms with van der Waals surface area (Å²) in [6.45, 7) is 5.22. The highest BCUT2D eigenvalue weighted by Crippen LogP contribution is 2.19. The molecule has 2 atom stereocenters. The lowest BCUT2D eigenvalue weighted by Crippen LogP contribution is -2.32. The minimum atomic E-state index is 0.389. The summed E-state index contributed by atoms with van der Waals surface area (Å²) in [6.07, 6.45) is 3.71. The molecule has 1 aliphatic rings. The molecule has 1 saturated heterocycles. The Hall–Kier alpha value is -1.02. The zero-order chi connectivity index (χ0) is 11.4. The van der Waals surface area contributed by atoms with Gasteiger partial charge in [-0.2, -0.15) is 0 Å². The molecule has 1 aliphatic heterocycles. The van der Waals surface area contributed by atoms with Crippen molar-refractivity contribution in [2.45, 2.75) is 45.3 Å². The van der Waals surface area contributed by atoms with Crippen molar-refractivity contribution in [1.29, 1.82) is 0 Å². The van der Waals surface area contributed by atoms with Crippen molar-refractivity contribution in [3.63, 3.8) is 0 Å². The Bertz CT molecular complexity index is 337. The molecule has 2 rings (SSSR count). The molecule has 0 saturated carbocycles. The molecule has 0 aliphatic carbocycles. The zero-order valence-corrected chi connectivity index (χ0v) is 10.2. The lowest BCUT2D eigenvalue weighted by molar-refractivity contribution is 0.0232. The van der Waals surface area contributed by atoms with Gasteiger partial charge in [-0.15, -0.1) is 0 Å². The first-order valence-electron chi connectivity index (χ1n) is 6.25. The van der Waals surface area contributed by atoms with Crippen molar-refractivity contribution in [3.8, 4) is 0 Å². The quantitative estimate of drug-likeness (QED) is 0.842. The number of rotatable bonds is 3. The first-order chi connectivity index (χ1) is 7.78. The average Bonchev–Trinajstić information content (AvgIpc) is 2.29. The van der Waals surface area contributed by atoms with Crippen LogP contribution in [0, 0.1) is 0 Å². The van der Waals surface area contributed by atoms with Crippen LogP contribution in [0.3, 0.4) is 0 Å². The number of ether oxygens (including phenoxy) is 1. The van der Waals surface area contributed by atoms with Crippen LogP contribution < -0.4 is 5.32 Å². The smallest absolute Gasteiger partial charge is 0.0566 e. The fourth-order valence-electron chi connectivity index (χ4n) is 2.25. The van der Waals surface area contributed by atoms with Gasteiger partial charge < -0.3 is 10.1 Å². The van der Waals surface area contributed by atoms with Crippen molar-refractivity contribution in [2.24, 2.45) is 0 Å². The molecule has 2 unspecified atom stereocenters. The van der Waals surface area contributed by atoms with Crippen molar-refractivity contribution in [2.75, 3.05) is 11.9 Å². The van der Waals surface area contributed by atoms with Crippen LogP contribution in [0.5, 0.6) is 0 Å². The molecule has 0 amide bonds. The second-order valence-corrected chi connectivity index (χ2v) is 4.60. The third-order valence-electron chi connectivity index (χ3n) is 3.19. The molecule has 0 bridgehead atoms. The summed E-state index contributed by atoms with van der Waals surface area (Å²) in [7, 11) is 0. The van der Waals surface area contributed by atoms with E-state index in [-0.39, 0.29) is 0 Å². The van der Waals surface area contributed by atoms with Gasteiger partial charge in [-0.3, -0.25) is 0 Å². The summed E-state index contributed by atoms with van der Waals surface area (Å²) in [5, 5.41) is 3.61. The van der Waals surface area contributed by atoms with Crippen LogP contribution in [0.4, 0.5) is 5.69 Å². The van der Waals surface area contributed by atoms with E-state index in [1.54, 1.807) is 0 Å². The van der Waals surface area contributed by atoms with Gasteiger partial charge in [0.25, 0.3) is 0 Å². The molecule has 1 aromatic rings. The Morgan fingerprint density at radius 2 is 2.31 bits per heavy atom. The fourth-order valence-corrected chi connectivity index (χ4v) is 2.25. The highest BCUT2D eigenvalue weighted by Gasteiger charge is 2.18. The number of hydrogen-bond donors (Lipinski definition) is 1. The molecule has 88 valence electrons. The van der Waals surface area contributed by atoms with Gasteiger partial charge in [0, 0.05) is 18.3 Å². The summed E-state index contributed by atoms with van der Waals surface area (Å²) >= 11 is 0. The molecular weight excluding hydrogens is 198 g/mol. The Morgan fingerprint density at radius 1 is 1.44 bits per heavy atom. The first kappa shape index (κ1) is 11.5. The second-order valence-electron chi connectivity index (χ2n) is 4.60. The summed E-state index contributed by atoms with van der Waals surface area (Å²) in [6, 6.07) is 9.28. The lowest BCUT2D eigenvalue weighted by Gasteiger charge is -2.28. The second kappa shape index (κ2) is 5.35. The third-order valence-corrected chi connectivity index (χ3v) is 3.19. The van der Waals surface area contributed by atoms with Gasteiger partial charge in [0.15, 0.2) is 0 Å². The van der Waals surface area contributed by atoms with Gasteiger partial charge in [0.2, 0.25) is 0 Å². The van der Waals surface area contributed by atoms with Crippen LogP contribution in [-0.2, 0) is 11.2 Å². The van der Waals surface area contributed by atoms with Crippen LogP contribution in [0.2, 0.25) is 0 Å². The van der Waals surface area contributed by atoms with Crippen molar-refractivity contribution < 1.29 is 4.74 Å². The Labute approximate surface area is 98.0 Å². The molecule has 0 aromatic heterocycles. The number of hydrogen-bond acceptors (Lipinski definition) is 2. The minimum absolute atomic E-state index is 0.389. The first-order valence-corrected chi connectivity index (χ1v) is 6.25. The van der Waals surface area contributed by atoms with E-state index in [1.165, 1.54) is 11.3 Å². The molecule has 16 heavy (non-hydrogen) atoms. The van der Waals surface area contributed by atoms with E-state index in [0.29, 0.717) is 12.1 Å². The lowest BCUT2D eigenvalue weighted by atomic mass is 10.0. The number of benzene rings is 1. The Kier molecular flexibility index (Phi) is 3.83. The van der Waals surface area contributed by atoms with E-state index < -0.39 is 0 Å². The molecule has 1 aromatic carbocycles. The number of nitrogens with one attached hydrogen (secondary N) is 1. The Morgan fingerprint density at radius 3 is 3.06 bits per heavy atom. The number of anilines is 1. The van der Waals surface area contributed by atoms with Crippen LogP contribution >= 0.6 is 0 Å². The number of aryl methyl sites for hydroxylation is 1. The maximum absolute atomic E-state index is 5.55. The minimum Gasteiger partial charge on any atom is -0.382 e. The van der Waals surface area contributed by atoms with E-state index >= 15 is 0 Å². The fraction of sp³-hybridized carbons (Fsp3) is 0.571. The Balaban J connectivity index is 1.97. The molecule has 0 radical (unpaired) electrons. The molecule has 0 spiro atoms. The van der Waals surface area contributed by atoms with E-state index in [0.717, 1.165) is 25.9 Å². The van der Waals surface area contributed by atoms with Gasteiger partial charge in [0.1, 0.15) is 0 Å². The average molecular weight is 219 g/mol. The van der Waals surface area contributed by atoms with Crippen LogP contribution in [0.25, 0.3) is 0 Å². The van der Waals surface area contributed by atoms with Crippen LogP contribution in [0.1, 0.15) is 32.3 Å². The molecule has 1 heterocycles. The molecular formula is C14H21NO. The van der Waals surface area contributed by atoms with Gasteiger partial charge in [-0.05, 0) is 43.9 Å². The maximum atomic E-state index is 5.55. The normalized spacial score (nSPS) is 25.4. The van der Waals surface area contributed by atoms with Gasteiger partial charge in [0.05, 0.1) is 6.10 Å². The standard InChI is InChI=1S/C14H21NO/c1-3-12-5-4-6-13(10-12)15-14-7-8-16-11(2)9-14/h4-6,10-11,14-15H,3,7-9H2,1-2H3. The van der Waals surface area contributed by atoms with E-state index in [2.05, 4.69) is 43.4 Å². The predicted octanol–water partition coefficient (Wildman–Crippen LogP) is 3.23. The highest BCUT2D eigenvalue weighted by atomic mass is 16.5. The van der Waals surface area contributed by atoms with Crippen LogP contribution in [0.15, 0.2) is 24.3 Å². The maximum Gasteiger partial charge on any atom is 0.0566 e.